The number of aliphatic hydroxyl groups excluding tert-OH is 2. The van der Waals surface area contributed by atoms with Crippen molar-refractivity contribution in [2.75, 3.05) is 21.3 Å². The number of benzene rings is 1. The Hall–Kier alpha value is -1.30. The number of ether oxygens (including phenoxy) is 2. The lowest BCUT2D eigenvalue weighted by atomic mass is 10.0. The number of nitrogens with zero attached hydrogens (tertiary/aromatic N) is 1. The molecule has 0 aliphatic carbocycles. The normalized spacial score (nSPS) is 31.5. The molecule has 0 saturated carbocycles. The molecule has 0 bridgehead atoms. The summed E-state index contributed by atoms with van der Waals surface area (Å²) in [5.41, 5.74) is 0.899. The van der Waals surface area contributed by atoms with Gasteiger partial charge in [-0.1, -0.05) is 6.07 Å². The van der Waals surface area contributed by atoms with Crippen molar-refractivity contribution in [1.82, 2.24) is 4.90 Å². The summed E-state index contributed by atoms with van der Waals surface area (Å²) in [5.74, 6) is 1.27. The standard InChI is InChI=1S/C14H21NO4/c1-8-13(16)14(17)12(15(8)2)9-5-6-10(18-3)11(7-9)19-4/h5-8,12-14,16-17H,1-4H3/t8-,12+,13+,14+/m0/s1. The molecule has 0 radical (unpaired) electrons. The predicted molar refractivity (Wildman–Crippen MR) is 71.5 cm³/mol. The molecule has 1 aromatic rings. The second kappa shape index (κ2) is 5.36. The van der Waals surface area contributed by atoms with E-state index < -0.39 is 12.2 Å². The maximum absolute atomic E-state index is 10.2. The molecule has 5 heteroatoms. The molecular weight excluding hydrogens is 246 g/mol. The van der Waals surface area contributed by atoms with Crippen LogP contribution in [-0.4, -0.2) is 54.6 Å². The summed E-state index contributed by atoms with van der Waals surface area (Å²) in [7, 11) is 5.05. The summed E-state index contributed by atoms with van der Waals surface area (Å²) in [6.45, 7) is 1.90. The first kappa shape index (κ1) is 14.1. The zero-order valence-electron chi connectivity index (χ0n) is 11.7. The van der Waals surface area contributed by atoms with Crippen molar-refractivity contribution in [3.05, 3.63) is 23.8 Å². The van der Waals surface area contributed by atoms with Gasteiger partial charge in [0.05, 0.1) is 26.4 Å². The van der Waals surface area contributed by atoms with Crippen molar-refractivity contribution >= 4 is 0 Å². The quantitative estimate of drug-likeness (QED) is 0.848. The summed E-state index contributed by atoms with van der Waals surface area (Å²) in [4.78, 5) is 1.97. The van der Waals surface area contributed by atoms with Gasteiger partial charge < -0.3 is 19.7 Å². The van der Waals surface area contributed by atoms with Crippen LogP contribution in [0.3, 0.4) is 0 Å². The summed E-state index contributed by atoms with van der Waals surface area (Å²) < 4.78 is 10.5. The minimum absolute atomic E-state index is 0.0897. The molecule has 1 saturated heterocycles. The number of hydrogen-bond acceptors (Lipinski definition) is 5. The van der Waals surface area contributed by atoms with Gasteiger partial charge in [0.25, 0.3) is 0 Å². The van der Waals surface area contributed by atoms with E-state index in [2.05, 4.69) is 0 Å². The Bertz CT molecular complexity index is 437. The average molecular weight is 267 g/mol. The van der Waals surface area contributed by atoms with E-state index in [9.17, 15) is 10.2 Å². The molecule has 0 aromatic heterocycles. The minimum Gasteiger partial charge on any atom is -0.493 e. The number of rotatable bonds is 3. The number of aliphatic hydroxyl groups is 2. The highest BCUT2D eigenvalue weighted by Gasteiger charge is 2.44. The Kier molecular flexibility index (Phi) is 3.99. The average Bonchev–Trinajstić information content (AvgIpc) is 2.62. The van der Waals surface area contributed by atoms with Gasteiger partial charge >= 0.3 is 0 Å². The van der Waals surface area contributed by atoms with E-state index in [0.29, 0.717) is 11.5 Å². The first-order valence-electron chi connectivity index (χ1n) is 6.31. The summed E-state index contributed by atoms with van der Waals surface area (Å²) in [6.07, 6.45) is -1.55. The highest BCUT2D eigenvalue weighted by Crippen LogP contribution is 2.38. The lowest BCUT2D eigenvalue weighted by Gasteiger charge is -2.25. The molecule has 106 valence electrons. The second-order valence-electron chi connectivity index (χ2n) is 4.95. The van der Waals surface area contributed by atoms with Crippen molar-refractivity contribution in [1.29, 1.82) is 0 Å². The Labute approximate surface area is 113 Å². The smallest absolute Gasteiger partial charge is 0.161 e. The van der Waals surface area contributed by atoms with Crippen LogP contribution < -0.4 is 9.47 Å². The lowest BCUT2D eigenvalue weighted by Crippen LogP contribution is -2.30. The van der Waals surface area contributed by atoms with E-state index in [1.165, 1.54) is 0 Å². The summed E-state index contributed by atoms with van der Waals surface area (Å²) >= 11 is 0. The number of likely N-dealkylation sites (tertiary alicyclic amines) is 1. The van der Waals surface area contributed by atoms with Gasteiger partial charge in [-0.3, -0.25) is 4.90 Å². The molecule has 19 heavy (non-hydrogen) atoms. The Morgan fingerprint density at radius 2 is 1.68 bits per heavy atom. The van der Waals surface area contributed by atoms with Gasteiger partial charge in [0, 0.05) is 6.04 Å². The third-order valence-electron chi connectivity index (χ3n) is 4.00. The largest absolute Gasteiger partial charge is 0.493 e. The monoisotopic (exact) mass is 267 g/mol. The van der Waals surface area contributed by atoms with Crippen molar-refractivity contribution in [2.24, 2.45) is 0 Å². The highest BCUT2D eigenvalue weighted by atomic mass is 16.5. The molecule has 1 aliphatic heterocycles. The van der Waals surface area contributed by atoms with E-state index in [1.54, 1.807) is 14.2 Å². The molecule has 1 aliphatic rings. The van der Waals surface area contributed by atoms with Gasteiger partial charge in [0.1, 0.15) is 6.10 Å². The second-order valence-corrected chi connectivity index (χ2v) is 4.95. The van der Waals surface area contributed by atoms with Crippen molar-refractivity contribution in [2.45, 2.75) is 31.2 Å². The third kappa shape index (κ3) is 2.29. The van der Waals surface area contributed by atoms with Crippen LogP contribution in [0.4, 0.5) is 0 Å². The van der Waals surface area contributed by atoms with Crippen LogP contribution in [0.2, 0.25) is 0 Å². The van der Waals surface area contributed by atoms with Gasteiger partial charge in [0.15, 0.2) is 11.5 Å². The minimum atomic E-state index is -0.807. The summed E-state index contributed by atoms with van der Waals surface area (Å²) in [6, 6.07) is 5.20. The number of hydrogen-bond donors (Lipinski definition) is 2. The molecule has 0 amide bonds. The SMILES string of the molecule is COc1ccc([C@@H]2[C@@H](O)[C@H](O)[C@H](C)N2C)cc1OC. The van der Waals surface area contributed by atoms with Crippen LogP contribution in [0, 0.1) is 0 Å². The maximum Gasteiger partial charge on any atom is 0.161 e. The van der Waals surface area contributed by atoms with E-state index in [0.717, 1.165) is 5.56 Å². The van der Waals surface area contributed by atoms with Gasteiger partial charge in [-0.05, 0) is 31.7 Å². The topological polar surface area (TPSA) is 62.2 Å². The maximum atomic E-state index is 10.2. The van der Waals surface area contributed by atoms with E-state index in [1.807, 2.05) is 37.1 Å². The fraction of sp³-hybridized carbons (Fsp3) is 0.571. The number of methoxy groups -OCH3 is 2. The van der Waals surface area contributed by atoms with E-state index in [-0.39, 0.29) is 12.1 Å². The molecule has 2 rings (SSSR count). The Morgan fingerprint density at radius 1 is 1.05 bits per heavy atom. The van der Waals surface area contributed by atoms with Crippen molar-refractivity contribution in [3.8, 4) is 11.5 Å². The first-order chi connectivity index (χ1) is 9.01. The zero-order valence-corrected chi connectivity index (χ0v) is 11.7. The van der Waals surface area contributed by atoms with E-state index in [4.69, 9.17) is 9.47 Å². The van der Waals surface area contributed by atoms with Crippen LogP contribution in [0.5, 0.6) is 11.5 Å². The molecule has 4 atom stereocenters. The first-order valence-corrected chi connectivity index (χ1v) is 6.31. The Morgan fingerprint density at radius 3 is 2.16 bits per heavy atom. The molecular formula is C14H21NO4. The molecule has 0 spiro atoms. The molecule has 2 N–H and O–H groups in total. The van der Waals surface area contributed by atoms with Crippen LogP contribution in [0.25, 0.3) is 0 Å². The fourth-order valence-corrected chi connectivity index (χ4v) is 2.68. The van der Waals surface area contributed by atoms with Crippen molar-refractivity contribution < 1.29 is 19.7 Å². The third-order valence-corrected chi connectivity index (χ3v) is 4.00. The van der Waals surface area contributed by atoms with Gasteiger partial charge in [-0.25, -0.2) is 0 Å². The van der Waals surface area contributed by atoms with Gasteiger partial charge in [0.2, 0.25) is 0 Å². The lowest BCUT2D eigenvalue weighted by molar-refractivity contribution is 0.0300. The molecule has 1 heterocycles. The van der Waals surface area contributed by atoms with Crippen LogP contribution in [0.1, 0.15) is 18.5 Å². The Balaban J connectivity index is 2.37. The predicted octanol–water partition coefficient (Wildman–Crippen LogP) is 0.801. The fourth-order valence-electron chi connectivity index (χ4n) is 2.68. The van der Waals surface area contributed by atoms with Gasteiger partial charge in [-0.2, -0.15) is 0 Å². The molecule has 0 unspecified atom stereocenters. The highest BCUT2D eigenvalue weighted by molar-refractivity contribution is 5.44. The van der Waals surface area contributed by atoms with Crippen LogP contribution in [0.15, 0.2) is 18.2 Å². The van der Waals surface area contributed by atoms with E-state index >= 15 is 0 Å². The van der Waals surface area contributed by atoms with Gasteiger partial charge in [-0.15, -0.1) is 0 Å². The van der Waals surface area contributed by atoms with Crippen LogP contribution in [-0.2, 0) is 0 Å². The number of likely N-dealkylation sites (N-methyl/N-ethyl adjacent to an activating group) is 1. The molecule has 5 nitrogen and oxygen atoms in total. The molecule has 1 aromatic carbocycles. The molecule has 1 fully saturated rings. The summed E-state index contributed by atoms with van der Waals surface area (Å²) in [5, 5.41) is 20.1. The van der Waals surface area contributed by atoms with Crippen molar-refractivity contribution in [3.63, 3.8) is 0 Å². The zero-order chi connectivity index (χ0) is 14.2. The van der Waals surface area contributed by atoms with Crippen LogP contribution >= 0.6 is 0 Å².